The summed E-state index contributed by atoms with van der Waals surface area (Å²) < 4.78 is 39.7. The van der Waals surface area contributed by atoms with Crippen LogP contribution in [0.2, 0.25) is 0 Å². The van der Waals surface area contributed by atoms with Crippen LogP contribution in [0.15, 0.2) is 23.1 Å². The minimum Gasteiger partial charge on any atom is -0.492 e. The summed E-state index contributed by atoms with van der Waals surface area (Å²) >= 11 is 0. The van der Waals surface area contributed by atoms with E-state index in [2.05, 4.69) is 0 Å². The second-order valence-electron chi connectivity index (χ2n) is 9.73. The van der Waals surface area contributed by atoms with Gasteiger partial charge in [0.15, 0.2) is 0 Å². The van der Waals surface area contributed by atoms with E-state index in [4.69, 9.17) is 9.47 Å². The van der Waals surface area contributed by atoms with Gasteiger partial charge in [-0.2, -0.15) is 4.31 Å². The third kappa shape index (κ3) is 5.66. The highest BCUT2D eigenvalue weighted by molar-refractivity contribution is 7.89. The van der Waals surface area contributed by atoms with Crippen LogP contribution in [0, 0.1) is 12.3 Å². The Morgan fingerprint density at radius 1 is 1.29 bits per heavy atom. The summed E-state index contributed by atoms with van der Waals surface area (Å²) in [5.41, 5.74) is 0.211. The quantitative estimate of drug-likeness (QED) is 0.421. The number of carbonyl (C=O) groups is 2. The first-order valence-electron chi connectivity index (χ1n) is 10.9. The Labute approximate surface area is 185 Å². The molecule has 2 aliphatic rings. The second kappa shape index (κ2) is 8.90. The molecule has 172 valence electrons. The number of hydrogen-bond acceptors (Lipinski definition) is 6. The highest BCUT2D eigenvalue weighted by Gasteiger charge is 2.43. The van der Waals surface area contributed by atoms with Crippen LogP contribution in [0.3, 0.4) is 0 Å². The number of aldehydes is 1. The molecule has 0 unspecified atom stereocenters. The third-order valence-corrected chi connectivity index (χ3v) is 7.88. The average molecular weight is 452 g/mol. The maximum absolute atomic E-state index is 13.5. The summed E-state index contributed by atoms with van der Waals surface area (Å²) in [6, 6.07) is 4.15. The summed E-state index contributed by atoms with van der Waals surface area (Å²) in [6.07, 6.45) is 5.20. The molecule has 0 aromatic heterocycles. The molecule has 1 saturated carbocycles. The van der Waals surface area contributed by atoms with Crippen molar-refractivity contribution >= 4 is 22.3 Å². The van der Waals surface area contributed by atoms with Crippen LogP contribution >= 0.6 is 0 Å². The van der Waals surface area contributed by atoms with Gasteiger partial charge in [-0.05, 0) is 82.9 Å². The number of esters is 1. The fourth-order valence-corrected chi connectivity index (χ4v) is 5.75. The zero-order valence-corrected chi connectivity index (χ0v) is 19.7. The zero-order chi connectivity index (χ0) is 22.9. The summed E-state index contributed by atoms with van der Waals surface area (Å²) in [7, 11) is -3.95. The molecular weight excluding hydrogens is 418 g/mol. The van der Waals surface area contributed by atoms with Gasteiger partial charge in [0.1, 0.15) is 28.6 Å². The molecule has 1 heterocycles. The minimum absolute atomic E-state index is 0.0153. The van der Waals surface area contributed by atoms with Crippen LogP contribution in [0.4, 0.5) is 0 Å². The Bertz CT molecular complexity index is 930. The highest BCUT2D eigenvalue weighted by Crippen LogP contribution is 2.51. The van der Waals surface area contributed by atoms with Crippen LogP contribution in [0.25, 0.3) is 0 Å². The lowest BCUT2D eigenvalue weighted by atomic mass is 10.00. The van der Waals surface area contributed by atoms with E-state index >= 15 is 0 Å². The number of benzene rings is 1. The van der Waals surface area contributed by atoms with E-state index in [1.165, 1.54) is 4.31 Å². The van der Waals surface area contributed by atoms with E-state index < -0.39 is 27.6 Å². The van der Waals surface area contributed by atoms with Crippen LogP contribution in [-0.2, 0) is 24.3 Å². The molecule has 2 fully saturated rings. The molecule has 1 aromatic carbocycles. The number of nitrogens with zero attached hydrogens (tertiary/aromatic N) is 1. The molecule has 31 heavy (non-hydrogen) atoms. The summed E-state index contributed by atoms with van der Waals surface area (Å²) in [5.74, 6) is -0.232. The van der Waals surface area contributed by atoms with E-state index in [1.54, 1.807) is 39.0 Å². The summed E-state index contributed by atoms with van der Waals surface area (Å²) in [4.78, 5) is 23.6. The maximum Gasteiger partial charge on any atom is 0.324 e. The molecule has 3 rings (SSSR count). The Hall–Kier alpha value is -1.93. The van der Waals surface area contributed by atoms with Crippen molar-refractivity contribution in [1.82, 2.24) is 4.31 Å². The zero-order valence-electron chi connectivity index (χ0n) is 18.8. The Balaban J connectivity index is 1.80. The van der Waals surface area contributed by atoms with Gasteiger partial charge in [0, 0.05) is 13.0 Å². The fourth-order valence-electron chi connectivity index (χ4n) is 3.99. The molecular formula is C23H33NO6S. The molecule has 1 aromatic rings. The lowest BCUT2D eigenvalue weighted by Crippen LogP contribution is -2.43. The first-order valence-corrected chi connectivity index (χ1v) is 12.3. The third-order valence-electron chi connectivity index (χ3n) is 5.93. The van der Waals surface area contributed by atoms with Crippen molar-refractivity contribution < 1.29 is 27.5 Å². The van der Waals surface area contributed by atoms with E-state index in [9.17, 15) is 18.0 Å². The number of aryl methyl sites for hydroxylation is 1. The Morgan fingerprint density at radius 3 is 2.61 bits per heavy atom. The van der Waals surface area contributed by atoms with Crippen molar-refractivity contribution in [3.8, 4) is 5.75 Å². The molecule has 8 heteroatoms. The molecule has 1 aliphatic heterocycles. The van der Waals surface area contributed by atoms with Crippen LogP contribution < -0.4 is 4.74 Å². The molecule has 0 amide bonds. The van der Waals surface area contributed by atoms with Crippen LogP contribution in [-0.4, -0.2) is 49.8 Å². The summed E-state index contributed by atoms with van der Waals surface area (Å²) in [6.45, 7) is 7.78. The van der Waals surface area contributed by atoms with Gasteiger partial charge in [-0.1, -0.05) is 6.07 Å². The van der Waals surface area contributed by atoms with Gasteiger partial charge < -0.3 is 14.3 Å². The number of hydrogen-bond donors (Lipinski definition) is 0. The molecule has 0 bridgehead atoms. The van der Waals surface area contributed by atoms with Gasteiger partial charge in [0.2, 0.25) is 10.0 Å². The monoisotopic (exact) mass is 451 g/mol. The van der Waals surface area contributed by atoms with E-state index in [1.807, 2.05) is 6.92 Å². The number of ether oxygens (including phenoxy) is 2. The molecule has 0 spiro atoms. The van der Waals surface area contributed by atoms with Crippen molar-refractivity contribution in [2.75, 3.05) is 13.2 Å². The highest BCUT2D eigenvalue weighted by atomic mass is 32.2. The van der Waals surface area contributed by atoms with E-state index in [0.717, 1.165) is 24.7 Å². The van der Waals surface area contributed by atoms with Gasteiger partial charge in [-0.25, -0.2) is 8.42 Å². The Kier molecular flexibility index (Phi) is 6.81. The average Bonchev–Trinajstić information content (AvgIpc) is 3.22. The largest absolute Gasteiger partial charge is 0.492 e. The summed E-state index contributed by atoms with van der Waals surface area (Å²) in [5, 5.41) is 0. The molecule has 0 radical (unpaired) electrons. The Morgan fingerprint density at radius 2 is 2.00 bits per heavy atom. The normalized spacial score (nSPS) is 21.0. The minimum atomic E-state index is -3.95. The number of carbonyl (C=O) groups excluding carboxylic acids is 2. The van der Waals surface area contributed by atoms with Crippen molar-refractivity contribution in [1.29, 1.82) is 0 Å². The first-order chi connectivity index (χ1) is 14.5. The van der Waals surface area contributed by atoms with Gasteiger partial charge >= 0.3 is 5.97 Å². The number of rotatable bonds is 9. The van der Waals surface area contributed by atoms with E-state index in [-0.39, 0.29) is 22.6 Å². The molecule has 1 saturated heterocycles. The van der Waals surface area contributed by atoms with Crippen molar-refractivity contribution in [3.05, 3.63) is 23.8 Å². The van der Waals surface area contributed by atoms with E-state index in [0.29, 0.717) is 32.3 Å². The fraction of sp³-hybridized carbons (Fsp3) is 0.652. The molecule has 7 nitrogen and oxygen atoms in total. The van der Waals surface area contributed by atoms with Gasteiger partial charge in [-0.3, -0.25) is 4.79 Å². The molecule has 0 N–H and O–H groups in total. The molecule has 1 aliphatic carbocycles. The molecule has 1 atom stereocenters. The predicted molar refractivity (Wildman–Crippen MR) is 116 cm³/mol. The number of sulfonamides is 1. The van der Waals surface area contributed by atoms with Gasteiger partial charge in [-0.15, -0.1) is 0 Å². The van der Waals surface area contributed by atoms with Gasteiger partial charge in [0.25, 0.3) is 0 Å². The van der Waals surface area contributed by atoms with Crippen molar-refractivity contribution in [2.45, 2.75) is 82.8 Å². The predicted octanol–water partition coefficient (Wildman–Crippen LogP) is 3.63. The second-order valence-corrected chi connectivity index (χ2v) is 11.6. The van der Waals surface area contributed by atoms with Crippen LogP contribution in [0.1, 0.15) is 64.9 Å². The standard InChI is InChI=1S/C23H33NO6S/c1-17-7-8-20(19(16-17)29-15-12-23(9-10-23)11-14-25)31(27,28)24-13-5-6-18(24)21(26)30-22(2,3)4/h7-8,14,16,18H,5-6,9-13,15H2,1-4H3/t18-/m0/s1. The maximum atomic E-state index is 13.5. The van der Waals surface area contributed by atoms with Crippen molar-refractivity contribution in [3.63, 3.8) is 0 Å². The lowest BCUT2D eigenvalue weighted by Gasteiger charge is -2.27. The first kappa shape index (κ1) is 23.7. The smallest absolute Gasteiger partial charge is 0.324 e. The van der Waals surface area contributed by atoms with Gasteiger partial charge in [0.05, 0.1) is 6.61 Å². The lowest BCUT2D eigenvalue weighted by molar-refractivity contribution is -0.158. The van der Waals surface area contributed by atoms with Crippen molar-refractivity contribution in [2.24, 2.45) is 5.41 Å². The van der Waals surface area contributed by atoms with Crippen LogP contribution in [0.5, 0.6) is 5.75 Å². The topological polar surface area (TPSA) is 90.0 Å². The SMILES string of the molecule is Cc1ccc(S(=O)(=O)N2CCC[C@H]2C(=O)OC(C)(C)C)c(OCCC2(CC=O)CC2)c1.